The SMILES string of the molecule is O=C(C1CC2CC2C1)N(CC1CC1)CC1CCCN1. The van der Waals surface area contributed by atoms with E-state index in [1.807, 2.05) is 0 Å². The van der Waals surface area contributed by atoms with Crippen molar-refractivity contribution in [3.63, 3.8) is 0 Å². The van der Waals surface area contributed by atoms with Crippen LogP contribution in [0.1, 0.15) is 44.9 Å². The van der Waals surface area contributed by atoms with Crippen molar-refractivity contribution in [3.05, 3.63) is 0 Å². The molecule has 1 heterocycles. The lowest BCUT2D eigenvalue weighted by atomic mass is 10.0. The molecule has 4 rings (SSSR count). The fraction of sp³-hybridized carbons (Fsp3) is 0.938. The van der Waals surface area contributed by atoms with Gasteiger partial charge < -0.3 is 10.2 Å². The van der Waals surface area contributed by atoms with Crippen LogP contribution >= 0.6 is 0 Å². The average molecular weight is 262 g/mol. The fourth-order valence-electron chi connectivity index (χ4n) is 4.22. The topological polar surface area (TPSA) is 32.3 Å². The Kier molecular flexibility index (Phi) is 3.06. The first-order valence-electron chi connectivity index (χ1n) is 8.32. The van der Waals surface area contributed by atoms with Gasteiger partial charge in [-0.2, -0.15) is 0 Å². The summed E-state index contributed by atoms with van der Waals surface area (Å²) in [5.41, 5.74) is 0. The van der Waals surface area contributed by atoms with Crippen molar-refractivity contribution in [2.24, 2.45) is 23.7 Å². The molecule has 1 saturated heterocycles. The van der Waals surface area contributed by atoms with Gasteiger partial charge in [0.1, 0.15) is 0 Å². The van der Waals surface area contributed by atoms with Crippen LogP contribution in [-0.4, -0.2) is 36.5 Å². The third-order valence-corrected chi connectivity index (χ3v) is 5.68. The third-order valence-electron chi connectivity index (χ3n) is 5.68. The minimum absolute atomic E-state index is 0.379. The molecule has 1 N–H and O–H groups in total. The van der Waals surface area contributed by atoms with Crippen molar-refractivity contribution in [1.29, 1.82) is 0 Å². The number of carbonyl (C=O) groups excluding carboxylic acids is 1. The highest BCUT2D eigenvalue weighted by Crippen LogP contribution is 2.54. The second-order valence-corrected chi connectivity index (χ2v) is 7.40. The molecule has 3 nitrogen and oxygen atoms in total. The largest absolute Gasteiger partial charge is 0.341 e. The summed E-state index contributed by atoms with van der Waals surface area (Å²) in [7, 11) is 0. The number of carbonyl (C=O) groups is 1. The Hall–Kier alpha value is -0.570. The smallest absolute Gasteiger partial charge is 0.225 e. The predicted octanol–water partition coefficient (Wildman–Crippen LogP) is 2.02. The monoisotopic (exact) mass is 262 g/mol. The molecular formula is C16H26N2O. The molecule has 3 aliphatic carbocycles. The molecule has 4 fully saturated rings. The van der Waals surface area contributed by atoms with Crippen LogP contribution in [0.15, 0.2) is 0 Å². The van der Waals surface area contributed by atoms with Crippen LogP contribution in [0.2, 0.25) is 0 Å². The van der Waals surface area contributed by atoms with Crippen molar-refractivity contribution in [1.82, 2.24) is 10.2 Å². The van der Waals surface area contributed by atoms with Gasteiger partial charge in [0, 0.05) is 25.0 Å². The lowest BCUT2D eigenvalue weighted by Gasteiger charge is -2.29. The highest BCUT2D eigenvalue weighted by atomic mass is 16.2. The van der Waals surface area contributed by atoms with E-state index >= 15 is 0 Å². The third kappa shape index (κ3) is 2.67. The molecule has 0 aromatic heterocycles. The van der Waals surface area contributed by atoms with Gasteiger partial charge in [-0.05, 0) is 69.2 Å². The fourth-order valence-corrected chi connectivity index (χ4v) is 4.22. The molecule has 4 aliphatic rings. The summed E-state index contributed by atoms with van der Waals surface area (Å²) >= 11 is 0. The zero-order valence-electron chi connectivity index (χ0n) is 11.8. The molecule has 3 heteroatoms. The van der Waals surface area contributed by atoms with Crippen LogP contribution in [0.5, 0.6) is 0 Å². The maximum atomic E-state index is 12.8. The van der Waals surface area contributed by atoms with Crippen LogP contribution in [0.4, 0.5) is 0 Å². The molecule has 0 radical (unpaired) electrons. The lowest BCUT2D eigenvalue weighted by Crippen LogP contribution is -2.44. The van der Waals surface area contributed by atoms with Crippen molar-refractivity contribution in [2.45, 2.75) is 51.0 Å². The second kappa shape index (κ2) is 4.76. The van der Waals surface area contributed by atoms with Crippen LogP contribution in [-0.2, 0) is 4.79 Å². The van der Waals surface area contributed by atoms with Gasteiger partial charge in [0.05, 0.1) is 0 Å². The van der Waals surface area contributed by atoms with Crippen LogP contribution in [0.25, 0.3) is 0 Å². The van der Waals surface area contributed by atoms with Crippen molar-refractivity contribution >= 4 is 5.91 Å². The number of nitrogens with zero attached hydrogens (tertiary/aromatic N) is 1. The minimum Gasteiger partial charge on any atom is -0.341 e. The maximum Gasteiger partial charge on any atom is 0.225 e. The maximum absolute atomic E-state index is 12.8. The Labute approximate surface area is 116 Å². The molecule has 3 unspecified atom stereocenters. The van der Waals surface area contributed by atoms with E-state index in [-0.39, 0.29) is 0 Å². The summed E-state index contributed by atoms with van der Waals surface area (Å²) in [5.74, 6) is 3.53. The zero-order valence-corrected chi connectivity index (χ0v) is 11.8. The first-order chi connectivity index (χ1) is 9.29. The number of nitrogens with one attached hydrogen (secondary N) is 1. The minimum atomic E-state index is 0.379. The highest BCUT2D eigenvalue weighted by Gasteiger charge is 2.49. The summed E-state index contributed by atoms with van der Waals surface area (Å²) in [6.07, 6.45) is 9.03. The Morgan fingerprint density at radius 1 is 1.05 bits per heavy atom. The Bertz CT molecular complexity index is 350. The standard InChI is InChI=1S/C16H26N2O/c19-16(14-7-12-6-13(12)8-14)18(9-11-3-4-11)10-15-2-1-5-17-15/h11-15,17H,1-10H2. The van der Waals surface area contributed by atoms with E-state index in [1.165, 1.54) is 44.9 Å². The Balaban J connectivity index is 1.37. The van der Waals surface area contributed by atoms with Crippen LogP contribution in [0.3, 0.4) is 0 Å². The number of rotatable bonds is 5. The summed E-state index contributed by atoms with van der Waals surface area (Å²) in [5, 5.41) is 3.55. The van der Waals surface area contributed by atoms with Gasteiger partial charge in [0.25, 0.3) is 0 Å². The predicted molar refractivity (Wildman–Crippen MR) is 74.6 cm³/mol. The quantitative estimate of drug-likeness (QED) is 0.822. The van der Waals surface area contributed by atoms with Gasteiger partial charge in [0.2, 0.25) is 5.91 Å². The van der Waals surface area contributed by atoms with Gasteiger partial charge in [-0.25, -0.2) is 0 Å². The molecule has 1 amide bonds. The van der Waals surface area contributed by atoms with E-state index in [1.54, 1.807) is 0 Å². The molecular weight excluding hydrogens is 236 g/mol. The van der Waals surface area contributed by atoms with Gasteiger partial charge >= 0.3 is 0 Å². The van der Waals surface area contributed by atoms with Gasteiger partial charge in [0.15, 0.2) is 0 Å². The Morgan fingerprint density at radius 3 is 2.47 bits per heavy atom. The molecule has 3 saturated carbocycles. The number of amides is 1. The number of hydrogen-bond donors (Lipinski definition) is 1. The van der Waals surface area contributed by atoms with Gasteiger partial charge in [-0.3, -0.25) is 4.79 Å². The van der Waals surface area contributed by atoms with Crippen LogP contribution in [0, 0.1) is 23.7 Å². The summed E-state index contributed by atoms with van der Waals surface area (Å²) < 4.78 is 0. The van der Waals surface area contributed by atoms with E-state index in [4.69, 9.17) is 0 Å². The summed E-state index contributed by atoms with van der Waals surface area (Å²) in [6.45, 7) is 3.16. The Morgan fingerprint density at radius 2 is 1.84 bits per heavy atom. The van der Waals surface area contributed by atoms with Crippen molar-refractivity contribution in [3.8, 4) is 0 Å². The van der Waals surface area contributed by atoms with E-state index < -0.39 is 0 Å². The van der Waals surface area contributed by atoms with E-state index in [0.29, 0.717) is 17.9 Å². The molecule has 1 aliphatic heterocycles. The van der Waals surface area contributed by atoms with Gasteiger partial charge in [-0.1, -0.05) is 0 Å². The molecule has 106 valence electrons. The molecule has 0 aromatic carbocycles. The van der Waals surface area contributed by atoms with Crippen LogP contribution < -0.4 is 5.32 Å². The molecule has 3 atom stereocenters. The molecule has 0 aromatic rings. The van der Waals surface area contributed by atoms with Crippen molar-refractivity contribution in [2.75, 3.05) is 19.6 Å². The molecule has 0 spiro atoms. The normalized spacial score (nSPS) is 40.2. The second-order valence-electron chi connectivity index (χ2n) is 7.40. The number of hydrogen-bond acceptors (Lipinski definition) is 2. The van der Waals surface area contributed by atoms with E-state index in [0.717, 1.165) is 37.4 Å². The highest BCUT2D eigenvalue weighted by molar-refractivity contribution is 5.79. The van der Waals surface area contributed by atoms with E-state index in [9.17, 15) is 4.79 Å². The van der Waals surface area contributed by atoms with E-state index in [2.05, 4.69) is 10.2 Å². The first-order valence-corrected chi connectivity index (χ1v) is 8.32. The molecule has 0 bridgehead atoms. The van der Waals surface area contributed by atoms with Gasteiger partial charge in [-0.15, -0.1) is 0 Å². The average Bonchev–Trinajstić information content (AvgIpc) is 3.27. The zero-order chi connectivity index (χ0) is 12.8. The van der Waals surface area contributed by atoms with Crippen molar-refractivity contribution < 1.29 is 4.79 Å². The number of fused-ring (bicyclic) bond motifs is 1. The molecule has 19 heavy (non-hydrogen) atoms. The summed E-state index contributed by atoms with van der Waals surface area (Å²) in [4.78, 5) is 15.0. The lowest BCUT2D eigenvalue weighted by molar-refractivity contribution is -0.136. The summed E-state index contributed by atoms with van der Waals surface area (Å²) in [6, 6.07) is 0.568. The first kappa shape index (κ1) is 12.2.